The SMILES string of the molecule is CCCN(Cc1cc2cc(OC)ccc2[nH]c1=O)C(=O)COc1ccccc1. The Labute approximate surface area is 163 Å². The molecule has 6 nitrogen and oxygen atoms in total. The molecule has 2 aromatic carbocycles. The largest absolute Gasteiger partial charge is 0.497 e. The van der Waals surface area contributed by atoms with E-state index in [2.05, 4.69) is 4.98 Å². The summed E-state index contributed by atoms with van der Waals surface area (Å²) in [5.74, 6) is 1.20. The van der Waals surface area contributed by atoms with Crippen LogP contribution in [0, 0.1) is 0 Å². The Kier molecular flexibility index (Phi) is 6.32. The molecule has 0 spiro atoms. The summed E-state index contributed by atoms with van der Waals surface area (Å²) in [5, 5.41) is 0.860. The lowest BCUT2D eigenvalue weighted by Crippen LogP contribution is -2.36. The van der Waals surface area contributed by atoms with Gasteiger partial charge in [-0.05, 0) is 42.8 Å². The number of rotatable bonds is 8. The van der Waals surface area contributed by atoms with Gasteiger partial charge in [0.2, 0.25) is 0 Å². The number of nitrogens with zero attached hydrogens (tertiary/aromatic N) is 1. The first kappa shape index (κ1) is 19.5. The smallest absolute Gasteiger partial charge is 0.260 e. The highest BCUT2D eigenvalue weighted by molar-refractivity contribution is 5.81. The molecule has 0 saturated heterocycles. The molecule has 28 heavy (non-hydrogen) atoms. The molecule has 0 aliphatic carbocycles. The molecule has 0 bridgehead atoms. The molecule has 3 rings (SSSR count). The van der Waals surface area contributed by atoms with Crippen LogP contribution >= 0.6 is 0 Å². The number of aromatic nitrogens is 1. The van der Waals surface area contributed by atoms with Crippen molar-refractivity contribution in [2.75, 3.05) is 20.3 Å². The maximum atomic E-state index is 12.7. The molecule has 146 valence electrons. The molecule has 0 atom stereocenters. The Balaban J connectivity index is 1.78. The Morgan fingerprint density at radius 2 is 1.86 bits per heavy atom. The van der Waals surface area contributed by atoms with Crippen molar-refractivity contribution in [2.45, 2.75) is 19.9 Å². The molecule has 0 radical (unpaired) electrons. The fourth-order valence-corrected chi connectivity index (χ4v) is 2.99. The number of pyridine rings is 1. The summed E-state index contributed by atoms with van der Waals surface area (Å²) in [5.41, 5.74) is 1.06. The third-order valence-corrected chi connectivity index (χ3v) is 4.44. The van der Waals surface area contributed by atoms with E-state index in [0.29, 0.717) is 23.6 Å². The van der Waals surface area contributed by atoms with Crippen molar-refractivity contribution in [1.29, 1.82) is 0 Å². The Morgan fingerprint density at radius 1 is 1.07 bits per heavy atom. The zero-order valence-electron chi connectivity index (χ0n) is 16.1. The van der Waals surface area contributed by atoms with Crippen LogP contribution in [-0.4, -0.2) is 36.1 Å². The summed E-state index contributed by atoms with van der Waals surface area (Å²) < 4.78 is 10.8. The molecule has 0 aliphatic heterocycles. The Morgan fingerprint density at radius 3 is 2.57 bits per heavy atom. The number of carbonyl (C=O) groups excluding carboxylic acids is 1. The predicted octanol–water partition coefficient (Wildman–Crippen LogP) is 3.35. The number of carbonyl (C=O) groups is 1. The third kappa shape index (κ3) is 4.71. The monoisotopic (exact) mass is 380 g/mol. The maximum absolute atomic E-state index is 12.7. The van der Waals surface area contributed by atoms with E-state index in [0.717, 1.165) is 17.3 Å². The zero-order chi connectivity index (χ0) is 19.9. The summed E-state index contributed by atoms with van der Waals surface area (Å²) in [7, 11) is 1.60. The number of nitrogens with one attached hydrogen (secondary N) is 1. The van der Waals surface area contributed by atoms with Gasteiger partial charge < -0.3 is 19.4 Å². The third-order valence-electron chi connectivity index (χ3n) is 4.44. The maximum Gasteiger partial charge on any atom is 0.260 e. The number of benzene rings is 2. The van der Waals surface area contributed by atoms with E-state index in [1.54, 1.807) is 30.2 Å². The highest BCUT2D eigenvalue weighted by Gasteiger charge is 2.16. The molecule has 0 saturated carbocycles. The number of ether oxygens (including phenoxy) is 2. The van der Waals surface area contributed by atoms with Crippen molar-refractivity contribution < 1.29 is 14.3 Å². The van der Waals surface area contributed by atoms with E-state index in [1.807, 2.05) is 43.3 Å². The van der Waals surface area contributed by atoms with Crippen molar-refractivity contribution in [2.24, 2.45) is 0 Å². The molecular weight excluding hydrogens is 356 g/mol. The van der Waals surface area contributed by atoms with Crippen molar-refractivity contribution >= 4 is 16.8 Å². The highest BCUT2D eigenvalue weighted by Crippen LogP contribution is 2.19. The number of amides is 1. The summed E-state index contributed by atoms with van der Waals surface area (Å²) in [6.45, 7) is 2.71. The molecule has 0 fully saturated rings. The minimum absolute atomic E-state index is 0.0661. The van der Waals surface area contributed by atoms with E-state index < -0.39 is 0 Å². The average Bonchev–Trinajstić information content (AvgIpc) is 2.72. The van der Waals surface area contributed by atoms with Crippen molar-refractivity contribution in [1.82, 2.24) is 9.88 Å². The van der Waals surface area contributed by atoms with Crippen molar-refractivity contribution in [3.05, 3.63) is 70.5 Å². The lowest BCUT2D eigenvalue weighted by molar-refractivity contribution is -0.134. The minimum atomic E-state index is -0.199. The van der Waals surface area contributed by atoms with Crippen LogP contribution in [0.5, 0.6) is 11.5 Å². The van der Waals surface area contributed by atoms with Gasteiger partial charge in [-0.2, -0.15) is 0 Å². The second-order valence-corrected chi connectivity index (χ2v) is 6.49. The molecule has 0 unspecified atom stereocenters. The minimum Gasteiger partial charge on any atom is -0.497 e. The van der Waals surface area contributed by atoms with Gasteiger partial charge in [-0.3, -0.25) is 9.59 Å². The van der Waals surface area contributed by atoms with Crippen LogP contribution in [0.1, 0.15) is 18.9 Å². The first-order valence-corrected chi connectivity index (χ1v) is 9.26. The van der Waals surface area contributed by atoms with E-state index in [-0.39, 0.29) is 24.6 Å². The summed E-state index contributed by atoms with van der Waals surface area (Å²) >= 11 is 0. The Bertz CT molecular complexity index is 998. The van der Waals surface area contributed by atoms with Gasteiger partial charge >= 0.3 is 0 Å². The predicted molar refractivity (Wildman–Crippen MR) is 109 cm³/mol. The van der Waals surface area contributed by atoms with E-state index in [9.17, 15) is 9.59 Å². The topological polar surface area (TPSA) is 71.6 Å². The lowest BCUT2D eigenvalue weighted by atomic mass is 10.1. The van der Waals surface area contributed by atoms with Gasteiger partial charge in [0.15, 0.2) is 6.61 Å². The van der Waals surface area contributed by atoms with Crippen LogP contribution in [0.15, 0.2) is 59.4 Å². The molecule has 1 aromatic heterocycles. The fraction of sp³-hybridized carbons (Fsp3) is 0.273. The van der Waals surface area contributed by atoms with Crippen LogP contribution < -0.4 is 15.0 Å². The number of hydrogen-bond acceptors (Lipinski definition) is 4. The normalized spacial score (nSPS) is 10.6. The van der Waals surface area contributed by atoms with Gasteiger partial charge in [0.05, 0.1) is 13.7 Å². The van der Waals surface area contributed by atoms with Gasteiger partial charge in [-0.1, -0.05) is 25.1 Å². The first-order valence-electron chi connectivity index (χ1n) is 9.26. The quantitative estimate of drug-likeness (QED) is 0.650. The molecule has 1 heterocycles. The number of fused-ring (bicyclic) bond motifs is 1. The van der Waals surface area contributed by atoms with Crippen LogP contribution in [0.3, 0.4) is 0 Å². The second-order valence-electron chi connectivity index (χ2n) is 6.49. The van der Waals surface area contributed by atoms with Gasteiger partial charge in [-0.15, -0.1) is 0 Å². The molecule has 6 heteroatoms. The van der Waals surface area contributed by atoms with Crippen LogP contribution in [0.25, 0.3) is 10.9 Å². The van der Waals surface area contributed by atoms with Gasteiger partial charge in [0.1, 0.15) is 11.5 Å². The van der Waals surface area contributed by atoms with Gasteiger partial charge in [-0.25, -0.2) is 0 Å². The van der Waals surface area contributed by atoms with Crippen molar-refractivity contribution in [3.8, 4) is 11.5 Å². The van der Waals surface area contributed by atoms with Gasteiger partial charge in [0.25, 0.3) is 11.5 Å². The number of H-pyrrole nitrogens is 1. The van der Waals surface area contributed by atoms with Crippen LogP contribution in [0.4, 0.5) is 0 Å². The molecule has 0 aliphatic rings. The number of aromatic amines is 1. The van der Waals surface area contributed by atoms with E-state index >= 15 is 0 Å². The van der Waals surface area contributed by atoms with Crippen molar-refractivity contribution in [3.63, 3.8) is 0 Å². The number of hydrogen-bond donors (Lipinski definition) is 1. The Hall–Kier alpha value is -3.28. The summed E-state index contributed by atoms with van der Waals surface area (Å²) in [6.07, 6.45) is 0.788. The second kappa shape index (κ2) is 9.08. The zero-order valence-corrected chi connectivity index (χ0v) is 16.1. The molecule has 3 aromatic rings. The molecular formula is C22H24N2O4. The first-order chi connectivity index (χ1) is 13.6. The van der Waals surface area contributed by atoms with E-state index in [4.69, 9.17) is 9.47 Å². The highest BCUT2D eigenvalue weighted by atomic mass is 16.5. The standard InChI is InChI=1S/C22H24N2O4/c1-3-11-24(21(25)15-28-18-7-5-4-6-8-18)14-17-12-16-13-19(27-2)9-10-20(16)23-22(17)26/h4-10,12-13H,3,11,14-15H2,1-2H3,(H,23,26). The fourth-order valence-electron chi connectivity index (χ4n) is 2.99. The van der Waals surface area contributed by atoms with Crippen LogP contribution in [0.2, 0.25) is 0 Å². The lowest BCUT2D eigenvalue weighted by Gasteiger charge is -2.22. The summed E-state index contributed by atoms with van der Waals surface area (Å²) in [4.78, 5) is 29.7. The molecule has 1 N–H and O–H groups in total. The number of methoxy groups -OCH3 is 1. The average molecular weight is 380 g/mol. The molecule has 1 amide bonds. The van der Waals surface area contributed by atoms with Gasteiger partial charge in [0, 0.05) is 23.0 Å². The number of para-hydroxylation sites is 1. The summed E-state index contributed by atoms with van der Waals surface area (Å²) in [6, 6.07) is 16.5. The van der Waals surface area contributed by atoms with Crippen LogP contribution in [-0.2, 0) is 11.3 Å². The van der Waals surface area contributed by atoms with E-state index in [1.165, 1.54) is 0 Å².